The van der Waals surface area contributed by atoms with Crippen LogP contribution in [0.3, 0.4) is 0 Å². The topological polar surface area (TPSA) is 109 Å². The summed E-state index contributed by atoms with van der Waals surface area (Å²) in [5.41, 5.74) is 3.52. The number of hydrogen-bond donors (Lipinski definition) is 1. The van der Waals surface area contributed by atoms with E-state index in [9.17, 15) is 17.8 Å². The fraction of sp³-hybridized carbons (Fsp3) is 0.308. The van der Waals surface area contributed by atoms with E-state index < -0.39 is 22.5 Å². The fourth-order valence-corrected chi connectivity index (χ4v) is 4.76. The van der Waals surface area contributed by atoms with Crippen molar-refractivity contribution in [2.75, 3.05) is 17.3 Å². The molecular formula is C26H26F2N2O5S. The number of halogens is 2. The molecule has 1 aliphatic carbocycles. The summed E-state index contributed by atoms with van der Waals surface area (Å²) < 4.78 is 47.1. The first-order chi connectivity index (χ1) is 16.6. The number of carbonyl (C=O) groups is 1. The van der Waals surface area contributed by atoms with E-state index >= 15 is 0 Å². The summed E-state index contributed by atoms with van der Waals surface area (Å²) in [6.45, 7) is 1.95. The Labute approximate surface area is 209 Å². The zero-order valence-electron chi connectivity index (χ0n) is 19.8. The van der Waals surface area contributed by atoms with Gasteiger partial charge in [-0.1, -0.05) is 36.4 Å². The van der Waals surface area contributed by atoms with E-state index in [2.05, 4.69) is 19.8 Å². The highest BCUT2D eigenvalue weighted by atomic mass is 32.2. The molecule has 0 radical (unpaired) electrons. The minimum atomic E-state index is -3.70. The molecule has 10 heteroatoms. The van der Waals surface area contributed by atoms with Gasteiger partial charge in [0.1, 0.15) is 5.82 Å². The Bertz CT molecular complexity index is 1330. The lowest BCUT2D eigenvalue weighted by Gasteiger charge is -2.17. The van der Waals surface area contributed by atoms with Gasteiger partial charge in [0, 0.05) is 28.4 Å². The van der Waals surface area contributed by atoms with Gasteiger partial charge in [-0.05, 0) is 61.1 Å². The predicted octanol–water partition coefficient (Wildman–Crippen LogP) is 4.15. The second kappa shape index (κ2) is 9.59. The standard InChI is InChI=1S/C26H24F2N2O4S.H2O/c1-16-3-10-22(29-23(16)18-6-4-17(5-7-18)11-14-35(2)32)30-24(31)25(12-13-25)19-8-9-20-21(15-19)34-26(27,28)33-20;/h3-10,15H,11-14H2,1-2H3,(H,29,30,31);1H2. The SMILES string of the molecule is Cc1ccc(NC(=O)C2(c3ccc4c(c3)OC(F)(F)O4)CC2)nc1-c1ccc(CCS(C)=O)cc1.O. The number of aromatic nitrogens is 1. The molecule has 0 saturated heterocycles. The van der Waals surface area contributed by atoms with Crippen LogP contribution in [-0.4, -0.2) is 38.9 Å². The van der Waals surface area contributed by atoms with Gasteiger partial charge >= 0.3 is 6.29 Å². The molecule has 0 spiro atoms. The van der Waals surface area contributed by atoms with Crippen molar-refractivity contribution in [2.45, 2.75) is 37.9 Å². The normalized spacial score (nSPS) is 17.1. The molecule has 0 bridgehead atoms. The Kier molecular flexibility index (Phi) is 6.85. The molecule has 36 heavy (non-hydrogen) atoms. The van der Waals surface area contributed by atoms with Crippen LogP contribution in [0.4, 0.5) is 14.6 Å². The average molecular weight is 517 g/mol. The maximum Gasteiger partial charge on any atom is 0.586 e. The van der Waals surface area contributed by atoms with Crippen molar-refractivity contribution in [2.24, 2.45) is 0 Å². The number of carbonyl (C=O) groups excluding carboxylic acids is 1. The smallest absolute Gasteiger partial charge is 0.412 e. The van der Waals surface area contributed by atoms with E-state index in [1.165, 1.54) is 12.1 Å². The molecule has 1 fully saturated rings. The van der Waals surface area contributed by atoms with Gasteiger partial charge in [0.15, 0.2) is 11.5 Å². The molecule has 1 saturated carbocycles. The van der Waals surface area contributed by atoms with Crippen molar-refractivity contribution in [1.82, 2.24) is 4.98 Å². The third kappa shape index (κ3) is 5.10. The Hall–Kier alpha value is -3.37. The number of nitrogens with zero attached hydrogens (tertiary/aromatic N) is 1. The molecule has 1 aromatic heterocycles. The Balaban J connectivity index is 0.00000304. The van der Waals surface area contributed by atoms with Crippen LogP contribution in [-0.2, 0) is 27.4 Å². The molecule has 2 aromatic carbocycles. The Morgan fingerprint density at radius 3 is 2.42 bits per heavy atom. The van der Waals surface area contributed by atoms with E-state index in [1.807, 2.05) is 37.3 Å². The summed E-state index contributed by atoms with van der Waals surface area (Å²) in [6, 6.07) is 16.1. The molecule has 3 aromatic rings. The molecule has 5 rings (SSSR count). The van der Waals surface area contributed by atoms with Crippen molar-refractivity contribution in [1.29, 1.82) is 0 Å². The first-order valence-electron chi connectivity index (χ1n) is 11.2. The summed E-state index contributed by atoms with van der Waals surface area (Å²) >= 11 is 0. The number of pyridine rings is 1. The van der Waals surface area contributed by atoms with Crippen LogP contribution in [0, 0.1) is 6.92 Å². The number of ether oxygens (including phenoxy) is 2. The van der Waals surface area contributed by atoms with Crippen molar-refractivity contribution < 1.29 is 32.7 Å². The van der Waals surface area contributed by atoms with Crippen molar-refractivity contribution in [3.8, 4) is 22.8 Å². The number of alkyl halides is 2. The van der Waals surface area contributed by atoms with Gasteiger partial charge in [0.05, 0.1) is 11.1 Å². The van der Waals surface area contributed by atoms with Gasteiger partial charge in [-0.2, -0.15) is 0 Å². The highest BCUT2D eigenvalue weighted by Crippen LogP contribution is 2.52. The second-order valence-corrected chi connectivity index (χ2v) is 10.5. The lowest BCUT2D eigenvalue weighted by atomic mass is 9.94. The summed E-state index contributed by atoms with van der Waals surface area (Å²) in [7, 11) is -0.839. The van der Waals surface area contributed by atoms with Gasteiger partial charge in [0.2, 0.25) is 5.91 Å². The largest absolute Gasteiger partial charge is 0.586 e. The highest BCUT2D eigenvalue weighted by Gasteiger charge is 2.53. The number of hydrogen-bond acceptors (Lipinski definition) is 5. The van der Waals surface area contributed by atoms with Crippen LogP contribution in [0.2, 0.25) is 0 Å². The number of amides is 1. The van der Waals surface area contributed by atoms with Crippen molar-refractivity contribution in [3.63, 3.8) is 0 Å². The molecule has 2 heterocycles. The zero-order valence-corrected chi connectivity index (χ0v) is 20.6. The number of anilines is 1. The van der Waals surface area contributed by atoms with Crippen molar-refractivity contribution in [3.05, 3.63) is 71.3 Å². The lowest BCUT2D eigenvalue weighted by Crippen LogP contribution is -2.28. The van der Waals surface area contributed by atoms with Crippen LogP contribution >= 0.6 is 0 Å². The number of nitrogens with one attached hydrogen (secondary N) is 1. The molecule has 1 atom stereocenters. The number of fused-ring (bicyclic) bond motifs is 1. The summed E-state index contributed by atoms with van der Waals surface area (Å²) in [5, 5.41) is 2.90. The highest BCUT2D eigenvalue weighted by molar-refractivity contribution is 7.84. The Morgan fingerprint density at radius 1 is 1.06 bits per heavy atom. The first kappa shape index (κ1) is 25.7. The van der Waals surface area contributed by atoms with Gasteiger partial charge in [-0.25, -0.2) is 4.98 Å². The van der Waals surface area contributed by atoms with Gasteiger partial charge in [0.25, 0.3) is 0 Å². The van der Waals surface area contributed by atoms with Crippen molar-refractivity contribution >= 4 is 22.5 Å². The summed E-state index contributed by atoms with van der Waals surface area (Å²) in [6.07, 6.45) is -0.0754. The number of rotatable bonds is 7. The van der Waals surface area contributed by atoms with Crippen LogP contribution in [0.5, 0.6) is 11.5 Å². The first-order valence-corrected chi connectivity index (χ1v) is 13.0. The van der Waals surface area contributed by atoms with Gasteiger partial charge in [-0.3, -0.25) is 9.00 Å². The van der Waals surface area contributed by atoms with E-state index in [0.29, 0.717) is 30.0 Å². The molecule has 1 amide bonds. The fourth-order valence-electron chi connectivity index (χ4n) is 4.24. The quantitative estimate of drug-likeness (QED) is 0.508. The van der Waals surface area contributed by atoms with Gasteiger partial charge in [-0.15, -0.1) is 8.78 Å². The third-order valence-corrected chi connectivity index (χ3v) is 7.16. The molecule has 7 nitrogen and oxygen atoms in total. The monoisotopic (exact) mass is 516 g/mol. The molecule has 1 unspecified atom stereocenters. The van der Waals surface area contributed by atoms with E-state index in [4.69, 9.17) is 0 Å². The third-order valence-electron chi connectivity index (χ3n) is 6.38. The van der Waals surface area contributed by atoms with Gasteiger partial charge < -0.3 is 20.3 Å². The number of benzene rings is 2. The van der Waals surface area contributed by atoms with E-state index in [1.54, 1.807) is 18.4 Å². The maximum atomic E-state index is 13.4. The molecule has 2 aliphatic rings. The maximum absolute atomic E-state index is 13.4. The minimum Gasteiger partial charge on any atom is -0.412 e. The van der Waals surface area contributed by atoms with E-state index in [-0.39, 0.29) is 22.9 Å². The molecule has 1 aliphatic heterocycles. The van der Waals surface area contributed by atoms with E-state index in [0.717, 1.165) is 28.8 Å². The zero-order chi connectivity index (χ0) is 24.8. The Morgan fingerprint density at radius 2 is 1.75 bits per heavy atom. The molecule has 3 N–H and O–H groups in total. The van der Waals surface area contributed by atoms with Crippen LogP contribution in [0.15, 0.2) is 54.6 Å². The number of aryl methyl sites for hydroxylation is 2. The van der Waals surface area contributed by atoms with Crippen LogP contribution in [0.25, 0.3) is 11.3 Å². The molecular weight excluding hydrogens is 490 g/mol. The molecule has 190 valence electrons. The predicted molar refractivity (Wildman–Crippen MR) is 133 cm³/mol. The minimum absolute atomic E-state index is 0. The van der Waals surface area contributed by atoms with Crippen LogP contribution in [0.1, 0.15) is 29.5 Å². The summed E-state index contributed by atoms with van der Waals surface area (Å²) in [5.74, 6) is 0.670. The lowest BCUT2D eigenvalue weighted by molar-refractivity contribution is -0.286. The van der Waals surface area contributed by atoms with Crippen LogP contribution < -0.4 is 14.8 Å². The second-order valence-electron chi connectivity index (χ2n) is 8.95. The average Bonchev–Trinajstić information content (AvgIpc) is 3.56. The summed E-state index contributed by atoms with van der Waals surface area (Å²) in [4.78, 5) is 17.9.